The van der Waals surface area contributed by atoms with Gasteiger partial charge in [-0.2, -0.15) is 10.2 Å². The van der Waals surface area contributed by atoms with Crippen molar-refractivity contribution >= 4 is 0 Å². The van der Waals surface area contributed by atoms with E-state index in [1.807, 2.05) is 13.0 Å². The van der Waals surface area contributed by atoms with Crippen molar-refractivity contribution in [1.82, 2.24) is 15.2 Å². The highest BCUT2D eigenvalue weighted by atomic mass is 16.1. The fraction of sp³-hybridized carbons (Fsp3) is 0.500. The minimum Gasteiger partial charge on any atom is -0.283 e. The molecule has 1 rings (SSSR count). The molecule has 0 radical (unpaired) electrons. The summed E-state index contributed by atoms with van der Waals surface area (Å²) in [6.45, 7) is 1.83. The monoisotopic (exact) mass is 152 g/mol. The third kappa shape index (κ3) is 1.67. The van der Waals surface area contributed by atoms with Gasteiger partial charge in [0.2, 0.25) is 0 Å². The summed E-state index contributed by atoms with van der Waals surface area (Å²) in [4.78, 5) is 14.1. The van der Waals surface area contributed by atoms with Crippen LogP contribution in [0.4, 0.5) is 0 Å². The number of aromatic nitrogens is 3. The molecule has 58 valence electrons. The average molecular weight is 152 g/mol. The maximum absolute atomic E-state index is 10.5. The standard InChI is InChI=1S/C6H8N4O/c1-4(2-3-7)5-8-6(11)10-9-5/h4H,2H2,1H3,(H2,8,9,10,11). The molecule has 1 unspecified atom stereocenters. The Morgan fingerprint density at radius 2 is 2.45 bits per heavy atom. The topological polar surface area (TPSA) is 85.3 Å². The fourth-order valence-electron chi connectivity index (χ4n) is 0.750. The van der Waals surface area contributed by atoms with E-state index in [-0.39, 0.29) is 5.92 Å². The van der Waals surface area contributed by atoms with E-state index < -0.39 is 5.69 Å². The molecule has 1 aromatic rings. The molecule has 0 bridgehead atoms. The molecule has 0 aliphatic heterocycles. The molecule has 0 aliphatic rings. The Morgan fingerprint density at radius 3 is 2.91 bits per heavy atom. The second kappa shape index (κ2) is 3.01. The van der Waals surface area contributed by atoms with Gasteiger partial charge in [0, 0.05) is 12.3 Å². The molecular weight excluding hydrogens is 144 g/mol. The van der Waals surface area contributed by atoms with Gasteiger partial charge in [0.25, 0.3) is 0 Å². The molecule has 11 heavy (non-hydrogen) atoms. The van der Waals surface area contributed by atoms with E-state index >= 15 is 0 Å². The van der Waals surface area contributed by atoms with E-state index in [9.17, 15) is 4.79 Å². The molecule has 1 heterocycles. The van der Waals surface area contributed by atoms with Gasteiger partial charge >= 0.3 is 5.69 Å². The maximum Gasteiger partial charge on any atom is 0.361 e. The van der Waals surface area contributed by atoms with Crippen LogP contribution in [0.5, 0.6) is 0 Å². The molecule has 0 amide bonds. The Balaban J connectivity index is 2.78. The molecule has 0 aliphatic carbocycles. The van der Waals surface area contributed by atoms with Crippen LogP contribution in [0, 0.1) is 11.3 Å². The minimum absolute atomic E-state index is 0.0149. The highest BCUT2D eigenvalue weighted by Crippen LogP contribution is 2.10. The van der Waals surface area contributed by atoms with Gasteiger partial charge in [-0.1, -0.05) is 6.92 Å². The van der Waals surface area contributed by atoms with Gasteiger partial charge in [-0.05, 0) is 0 Å². The van der Waals surface area contributed by atoms with Crippen LogP contribution in [0.3, 0.4) is 0 Å². The van der Waals surface area contributed by atoms with Gasteiger partial charge in [0.05, 0.1) is 6.07 Å². The largest absolute Gasteiger partial charge is 0.361 e. The number of hydrogen-bond acceptors (Lipinski definition) is 3. The van der Waals surface area contributed by atoms with Gasteiger partial charge in [0.1, 0.15) is 5.82 Å². The minimum atomic E-state index is -0.398. The fourth-order valence-corrected chi connectivity index (χ4v) is 0.750. The van der Waals surface area contributed by atoms with Crippen molar-refractivity contribution < 1.29 is 0 Å². The number of nitrogens with zero attached hydrogens (tertiary/aromatic N) is 2. The van der Waals surface area contributed by atoms with Gasteiger partial charge in [-0.25, -0.2) is 9.89 Å². The second-order valence-corrected chi connectivity index (χ2v) is 2.32. The molecule has 0 fully saturated rings. The van der Waals surface area contributed by atoms with Crippen LogP contribution in [0.1, 0.15) is 25.1 Å². The second-order valence-electron chi connectivity index (χ2n) is 2.32. The Labute approximate surface area is 63.1 Å². The lowest BCUT2D eigenvalue weighted by atomic mass is 10.1. The number of H-pyrrole nitrogens is 2. The molecule has 0 saturated heterocycles. The van der Waals surface area contributed by atoms with Gasteiger partial charge < -0.3 is 0 Å². The summed E-state index contributed by atoms with van der Waals surface area (Å²) in [7, 11) is 0. The van der Waals surface area contributed by atoms with Gasteiger partial charge in [-0.3, -0.25) is 5.10 Å². The summed E-state index contributed by atoms with van der Waals surface area (Å²) < 4.78 is 0. The number of rotatable bonds is 2. The number of hydrogen-bond donors (Lipinski definition) is 2. The van der Waals surface area contributed by atoms with Crippen molar-refractivity contribution in [3.8, 4) is 6.07 Å². The lowest BCUT2D eigenvalue weighted by Crippen LogP contribution is -2.02. The Kier molecular flexibility index (Phi) is 2.06. The van der Waals surface area contributed by atoms with Crippen LogP contribution in [-0.2, 0) is 0 Å². The number of nitrogens with one attached hydrogen (secondary N) is 2. The molecule has 1 aromatic heterocycles. The predicted molar refractivity (Wildman–Crippen MR) is 37.9 cm³/mol. The van der Waals surface area contributed by atoms with Crippen molar-refractivity contribution in [3.05, 3.63) is 16.3 Å². The van der Waals surface area contributed by atoms with Crippen LogP contribution in [-0.4, -0.2) is 15.2 Å². The third-order valence-corrected chi connectivity index (χ3v) is 1.38. The number of nitriles is 1. The molecule has 1 atom stereocenters. The highest BCUT2D eigenvalue weighted by molar-refractivity contribution is 4.94. The van der Waals surface area contributed by atoms with Crippen molar-refractivity contribution in [1.29, 1.82) is 5.26 Å². The van der Waals surface area contributed by atoms with Gasteiger partial charge in [-0.15, -0.1) is 0 Å². The maximum atomic E-state index is 10.5. The molecule has 5 heteroatoms. The Bertz CT molecular complexity index is 318. The lowest BCUT2D eigenvalue weighted by Gasteiger charge is -1.98. The summed E-state index contributed by atoms with van der Waals surface area (Å²) in [5.41, 5.74) is -0.398. The molecular formula is C6H8N4O. The van der Waals surface area contributed by atoms with E-state index in [1.54, 1.807) is 0 Å². The summed E-state index contributed by atoms with van der Waals surface area (Å²) in [5, 5.41) is 13.2. The van der Waals surface area contributed by atoms with Crippen molar-refractivity contribution in [2.24, 2.45) is 0 Å². The average Bonchev–Trinajstić information content (AvgIpc) is 2.36. The normalized spacial score (nSPS) is 12.4. The van der Waals surface area contributed by atoms with E-state index in [4.69, 9.17) is 5.26 Å². The zero-order chi connectivity index (χ0) is 8.27. The quantitative estimate of drug-likeness (QED) is 0.630. The summed E-state index contributed by atoms with van der Waals surface area (Å²) in [5.74, 6) is 0.524. The lowest BCUT2D eigenvalue weighted by molar-refractivity contribution is 0.724. The molecule has 0 spiro atoms. The Hall–Kier alpha value is -1.57. The van der Waals surface area contributed by atoms with Crippen LogP contribution >= 0.6 is 0 Å². The van der Waals surface area contributed by atoms with Crippen LogP contribution in [0.25, 0.3) is 0 Å². The number of aromatic amines is 2. The van der Waals surface area contributed by atoms with E-state index in [0.717, 1.165) is 0 Å². The molecule has 0 aromatic carbocycles. The first-order valence-corrected chi connectivity index (χ1v) is 3.25. The van der Waals surface area contributed by atoms with Crippen LogP contribution < -0.4 is 5.69 Å². The van der Waals surface area contributed by atoms with Crippen molar-refractivity contribution in [2.45, 2.75) is 19.3 Å². The first-order chi connectivity index (χ1) is 5.24. The van der Waals surface area contributed by atoms with Crippen molar-refractivity contribution in [2.75, 3.05) is 0 Å². The first-order valence-electron chi connectivity index (χ1n) is 3.25. The van der Waals surface area contributed by atoms with Crippen LogP contribution in [0.2, 0.25) is 0 Å². The third-order valence-electron chi connectivity index (χ3n) is 1.38. The summed E-state index contributed by atoms with van der Waals surface area (Å²) >= 11 is 0. The summed E-state index contributed by atoms with van der Waals surface area (Å²) in [6, 6.07) is 2.00. The Morgan fingerprint density at radius 1 is 1.73 bits per heavy atom. The molecule has 0 saturated carbocycles. The highest BCUT2D eigenvalue weighted by Gasteiger charge is 2.07. The zero-order valence-electron chi connectivity index (χ0n) is 6.09. The first kappa shape index (κ1) is 7.54. The van der Waals surface area contributed by atoms with E-state index in [2.05, 4.69) is 15.2 Å². The molecule has 2 N–H and O–H groups in total. The molecule has 5 nitrogen and oxygen atoms in total. The summed E-state index contributed by atoms with van der Waals surface area (Å²) in [6.07, 6.45) is 0.362. The zero-order valence-corrected chi connectivity index (χ0v) is 6.09. The van der Waals surface area contributed by atoms with E-state index in [0.29, 0.717) is 12.2 Å². The van der Waals surface area contributed by atoms with E-state index in [1.165, 1.54) is 0 Å². The van der Waals surface area contributed by atoms with Gasteiger partial charge in [0.15, 0.2) is 0 Å². The smallest absolute Gasteiger partial charge is 0.283 e. The van der Waals surface area contributed by atoms with Crippen LogP contribution in [0.15, 0.2) is 4.79 Å². The predicted octanol–water partition coefficient (Wildman–Crippen LogP) is 0.115. The SMILES string of the molecule is CC(CC#N)c1nc(=O)[nH][nH]1. The van der Waals surface area contributed by atoms with Crippen molar-refractivity contribution in [3.63, 3.8) is 0 Å².